The summed E-state index contributed by atoms with van der Waals surface area (Å²) in [5.41, 5.74) is 1.68. The number of benzene rings is 1. The highest BCUT2D eigenvalue weighted by atomic mass is 32.1. The Morgan fingerprint density at radius 3 is 2.63 bits per heavy atom. The van der Waals surface area contributed by atoms with E-state index in [1.807, 2.05) is 0 Å². The fraction of sp³-hybridized carbons (Fsp3) is 0.118. The molecule has 0 aliphatic carbocycles. The lowest BCUT2D eigenvalue weighted by molar-refractivity contribution is -0.192. The van der Waals surface area contributed by atoms with Gasteiger partial charge in [0.1, 0.15) is 12.1 Å². The van der Waals surface area contributed by atoms with E-state index < -0.39 is 12.1 Å². The number of nitrogens with one attached hydrogen (secondary N) is 1. The first kappa shape index (κ1) is 21.1. The third-order valence-electron chi connectivity index (χ3n) is 3.77. The third kappa shape index (κ3) is 4.35. The van der Waals surface area contributed by atoms with Crippen LogP contribution in [0.3, 0.4) is 0 Å². The van der Waals surface area contributed by atoms with E-state index in [0.29, 0.717) is 27.8 Å². The number of carboxylic acids is 1. The maximum absolute atomic E-state index is 13.3. The van der Waals surface area contributed by atoms with E-state index in [-0.39, 0.29) is 11.7 Å². The van der Waals surface area contributed by atoms with E-state index in [2.05, 4.69) is 20.4 Å². The van der Waals surface area contributed by atoms with Crippen LogP contribution in [0, 0.1) is 5.82 Å². The lowest BCUT2D eigenvalue weighted by Gasteiger charge is -2.01. The molecule has 1 aromatic carbocycles. The molecular weight excluding hydrogens is 430 g/mol. The summed E-state index contributed by atoms with van der Waals surface area (Å²) in [4.78, 5) is 29.5. The number of hydrogen-bond acceptors (Lipinski definition) is 6. The minimum absolute atomic E-state index is 0.306. The van der Waals surface area contributed by atoms with Crippen molar-refractivity contribution in [3.05, 3.63) is 47.5 Å². The Kier molecular flexibility index (Phi) is 5.64. The summed E-state index contributed by atoms with van der Waals surface area (Å²) in [5.74, 6) is -3.02. The largest absolute Gasteiger partial charge is 0.490 e. The van der Waals surface area contributed by atoms with Gasteiger partial charge in [-0.15, -0.1) is 11.3 Å². The van der Waals surface area contributed by atoms with Crippen LogP contribution in [0.4, 0.5) is 23.4 Å². The first-order valence-corrected chi connectivity index (χ1v) is 8.87. The van der Waals surface area contributed by atoms with Crippen LogP contribution in [0.15, 0.2) is 36.1 Å². The number of amides is 1. The first-order chi connectivity index (χ1) is 14.1. The number of aliphatic carboxylic acids is 1. The molecule has 1 amide bonds. The second-order valence-electron chi connectivity index (χ2n) is 5.78. The zero-order valence-electron chi connectivity index (χ0n) is 14.9. The molecular formula is C17H11F4N5O3S. The van der Waals surface area contributed by atoms with Gasteiger partial charge in [-0.3, -0.25) is 9.48 Å². The van der Waals surface area contributed by atoms with Crippen molar-refractivity contribution in [2.45, 2.75) is 6.18 Å². The zero-order valence-corrected chi connectivity index (χ0v) is 15.8. The molecule has 4 rings (SSSR count). The molecule has 0 unspecified atom stereocenters. The van der Waals surface area contributed by atoms with E-state index in [9.17, 15) is 22.4 Å². The minimum Gasteiger partial charge on any atom is -0.475 e. The number of halogens is 4. The molecule has 0 saturated heterocycles. The van der Waals surface area contributed by atoms with Crippen LogP contribution in [0.25, 0.3) is 21.1 Å². The second kappa shape index (κ2) is 8.02. The maximum Gasteiger partial charge on any atom is 0.490 e. The van der Waals surface area contributed by atoms with Gasteiger partial charge in [0.05, 0.1) is 21.3 Å². The summed E-state index contributed by atoms with van der Waals surface area (Å²) >= 11 is 1.40. The number of carbonyl (C=O) groups is 2. The maximum atomic E-state index is 13.3. The summed E-state index contributed by atoms with van der Waals surface area (Å²) in [7, 11) is 1.70. The molecule has 3 aromatic heterocycles. The summed E-state index contributed by atoms with van der Waals surface area (Å²) < 4.78 is 47.4. The molecule has 0 atom stereocenters. The monoisotopic (exact) mass is 441 g/mol. The zero-order chi connectivity index (χ0) is 22.1. The van der Waals surface area contributed by atoms with Gasteiger partial charge in [0.25, 0.3) is 5.91 Å². The van der Waals surface area contributed by atoms with Gasteiger partial charge in [0, 0.05) is 24.0 Å². The Morgan fingerprint density at radius 2 is 1.97 bits per heavy atom. The molecule has 13 heteroatoms. The third-order valence-corrected chi connectivity index (χ3v) is 4.68. The number of fused-ring (bicyclic) bond motifs is 2. The van der Waals surface area contributed by atoms with Crippen LogP contribution >= 0.6 is 11.3 Å². The van der Waals surface area contributed by atoms with Gasteiger partial charge in [-0.25, -0.2) is 19.2 Å². The van der Waals surface area contributed by atoms with Gasteiger partial charge >= 0.3 is 12.1 Å². The van der Waals surface area contributed by atoms with Crippen molar-refractivity contribution < 1.29 is 32.3 Å². The number of rotatable bonds is 2. The molecule has 3 heterocycles. The minimum atomic E-state index is -5.08. The second-order valence-corrected chi connectivity index (χ2v) is 6.69. The Balaban J connectivity index is 0.000000318. The van der Waals surface area contributed by atoms with Crippen LogP contribution < -0.4 is 5.32 Å². The van der Waals surface area contributed by atoms with Gasteiger partial charge in [-0.05, 0) is 18.2 Å². The van der Waals surface area contributed by atoms with Crippen molar-refractivity contribution in [2.24, 2.45) is 7.05 Å². The predicted octanol–water partition coefficient (Wildman–Crippen LogP) is 3.60. The lowest BCUT2D eigenvalue weighted by Crippen LogP contribution is -2.21. The lowest BCUT2D eigenvalue weighted by atomic mass is 10.2. The average Bonchev–Trinajstić information content (AvgIpc) is 3.23. The number of thiophene rings is 1. The fourth-order valence-corrected chi connectivity index (χ4v) is 3.30. The molecule has 0 saturated carbocycles. The highest BCUT2D eigenvalue weighted by molar-refractivity contribution is 7.17. The van der Waals surface area contributed by atoms with Crippen molar-refractivity contribution in [3.63, 3.8) is 0 Å². The molecule has 0 radical (unpaired) electrons. The quantitative estimate of drug-likeness (QED) is 0.460. The van der Waals surface area contributed by atoms with Gasteiger partial charge in [0.15, 0.2) is 5.82 Å². The van der Waals surface area contributed by atoms with E-state index in [0.717, 1.165) is 4.70 Å². The smallest absolute Gasteiger partial charge is 0.475 e. The van der Waals surface area contributed by atoms with Gasteiger partial charge in [0.2, 0.25) is 0 Å². The highest BCUT2D eigenvalue weighted by Crippen LogP contribution is 2.26. The number of carboxylic acid groups (broad SMARTS) is 1. The van der Waals surface area contributed by atoms with Gasteiger partial charge in [-0.1, -0.05) is 0 Å². The normalized spacial score (nSPS) is 11.2. The SMILES string of the molecule is Cn1nc(NC(=O)c2csc3cncnc23)c2ccc(F)cc21.O=C(O)C(F)(F)F. The van der Waals surface area contributed by atoms with Crippen LogP contribution in [0.1, 0.15) is 10.4 Å². The standard InChI is InChI=1S/C15H10FN5OS.C2HF3O2/c1-21-11-4-8(16)2-3-9(11)14(20-21)19-15(22)10-6-23-12-5-17-7-18-13(10)12;3-2(4,5)1(6)7/h2-7H,1H3,(H,19,20,22);(H,6,7). The van der Waals surface area contributed by atoms with Gasteiger partial charge in [-0.2, -0.15) is 18.3 Å². The summed E-state index contributed by atoms with van der Waals surface area (Å²) in [6.45, 7) is 0. The summed E-state index contributed by atoms with van der Waals surface area (Å²) in [6.07, 6.45) is -2.01. The molecule has 0 aliphatic heterocycles. The van der Waals surface area contributed by atoms with Crippen LogP contribution in [-0.4, -0.2) is 42.9 Å². The van der Waals surface area contributed by atoms with Crippen molar-refractivity contribution >= 4 is 50.2 Å². The van der Waals surface area contributed by atoms with Crippen molar-refractivity contribution in [1.82, 2.24) is 19.7 Å². The number of aryl methyl sites for hydroxylation is 1. The molecule has 0 fully saturated rings. The van der Waals surface area contributed by atoms with Crippen LogP contribution in [-0.2, 0) is 11.8 Å². The summed E-state index contributed by atoms with van der Waals surface area (Å²) in [6, 6.07) is 4.32. The van der Waals surface area contributed by atoms with Crippen LogP contribution in [0.5, 0.6) is 0 Å². The Morgan fingerprint density at radius 1 is 1.27 bits per heavy atom. The first-order valence-electron chi connectivity index (χ1n) is 7.99. The molecule has 156 valence electrons. The molecule has 30 heavy (non-hydrogen) atoms. The number of hydrogen-bond donors (Lipinski definition) is 2. The molecule has 0 spiro atoms. The molecule has 4 aromatic rings. The Labute approximate surface area is 168 Å². The highest BCUT2D eigenvalue weighted by Gasteiger charge is 2.38. The van der Waals surface area contributed by atoms with Crippen molar-refractivity contribution in [2.75, 3.05) is 5.32 Å². The number of alkyl halides is 3. The van der Waals surface area contributed by atoms with Crippen LogP contribution in [0.2, 0.25) is 0 Å². The Bertz CT molecular complexity index is 1250. The average molecular weight is 441 g/mol. The topological polar surface area (TPSA) is 110 Å². The molecule has 2 N–H and O–H groups in total. The fourth-order valence-electron chi connectivity index (χ4n) is 2.44. The van der Waals surface area contributed by atoms with E-state index in [1.54, 1.807) is 24.7 Å². The molecule has 0 aliphatic rings. The number of nitrogens with zero attached hydrogens (tertiary/aromatic N) is 4. The van der Waals surface area contributed by atoms with Crippen molar-refractivity contribution in [1.29, 1.82) is 0 Å². The Hall–Kier alpha value is -3.61. The van der Waals surface area contributed by atoms with E-state index in [1.165, 1.54) is 34.5 Å². The predicted molar refractivity (Wildman–Crippen MR) is 99.7 cm³/mol. The van der Waals surface area contributed by atoms with E-state index in [4.69, 9.17) is 9.90 Å². The number of anilines is 1. The molecule has 8 nitrogen and oxygen atoms in total. The van der Waals surface area contributed by atoms with Gasteiger partial charge < -0.3 is 10.4 Å². The number of carbonyl (C=O) groups excluding carboxylic acids is 1. The number of aromatic nitrogens is 4. The summed E-state index contributed by atoms with van der Waals surface area (Å²) in [5, 5.41) is 16.6. The van der Waals surface area contributed by atoms with E-state index >= 15 is 0 Å². The van der Waals surface area contributed by atoms with Crippen molar-refractivity contribution in [3.8, 4) is 0 Å². The molecule has 0 bridgehead atoms.